The molecule has 1 rings (SSSR count). The zero-order chi connectivity index (χ0) is 14.3. The molecule has 0 fully saturated rings. The fraction of sp³-hybridized carbons (Fsp3) is 0.533. The van der Waals surface area contributed by atoms with Gasteiger partial charge in [0.2, 0.25) is 0 Å². The number of carbonyl (C=O) groups excluding carboxylic acids is 1. The Balaban J connectivity index is 2.19. The van der Waals surface area contributed by atoms with Crippen LogP contribution in [0.5, 0.6) is 0 Å². The van der Waals surface area contributed by atoms with Crippen molar-refractivity contribution in [2.75, 3.05) is 6.54 Å². The molecule has 2 amide bonds. The van der Waals surface area contributed by atoms with Crippen molar-refractivity contribution in [1.29, 1.82) is 0 Å². The molecule has 106 valence electrons. The van der Waals surface area contributed by atoms with Gasteiger partial charge >= 0.3 is 6.03 Å². The predicted octanol–water partition coefficient (Wildman–Crippen LogP) is 2.28. The third-order valence-electron chi connectivity index (χ3n) is 3.00. The Kier molecular flexibility index (Phi) is 5.83. The fourth-order valence-electron chi connectivity index (χ4n) is 1.60. The molecule has 4 nitrogen and oxygen atoms in total. The molecule has 1 aromatic carbocycles. The highest BCUT2D eigenvalue weighted by molar-refractivity contribution is 5.73. The van der Waals surface area contributed by atoms with Gasteiger partial charge in [0.15, 0.2) is 0 Å². The van der Waals surface area contributed by atoms with Crippen molar-refractivity contribution in [3.05, 3.63) is 35.9 Å². The highest BCUT2D eigenvalue weighted by atomic mass is 16.3. The summed E-state index contributed by atoms with van der Waals surface area (Å²) >= 11 is 0. The van der Waals surface area contributed by atoms with E-state index in [1.165, 1.54) is 0 Å². The Morgan fingerprint density at radius 2 is 1.84 bits per heavy atom. The van der Waals surface area contributed by atoms with E-state index in [-0.39, 0.29) is 11.4 Å². The maximum atomic E-state index is 11.5. The number of hydrogen-bond acceptors (Lipinski definition) is 2. The minimum atomic E-state index is -0.415. The second-order valence-corrected chi connectivity index (χ2v) is 5.77. The lowest BCUT2D eigenvalue weighted by Crippen LogP contribution is -2.38. The molecule has 0 aromatic heterocycles. The van der Waals surface area contributed by atoms with E-state index in [1.54, 1.807) is 0 Å². The van der Waals surface area contributed by atoms with Crippen molar-refractivity contribution < 1.29 is 9.90 Å². The topological polar surface area (TPSA) is 61.4 Å². The number of rotatable bonds is 5. The molecule has 1 atom stereocenters. The SMILES string of the molecule is CC(C)(C)C(O)CCNC(=O)NCc1ccccc1. The van der Waals surface area contributed by atoms with Crippen LogP contribution >= 0.6 is 0 Å². The number of hydrogen-bond donors (Lipinski definition) is 3. The summed E-state index contributed by atoms with van der Waals surface area (Å²) in [5.41, 5.74) is 0.912. The smallest absolute Gasteiger partial charge is 0.315 e. The molecule has 4 heteroatoms. The van der Waals surface area contributed by atoms with Gasteiger partial charge in [-0.2, -0.15) is 0 Å². The third kappa shape index (κ3) is 6.25. The molecule has 0 aliphatic rings. The molecule has 0 aliphatic carbocycles. The van der Waals surface area contributed by atoms with Gasteiger partial charge in [-0.25, -0.2) is 4.79 Å². The van der Waals surface area contributed by atoms with E-state index in [0.29, 0.717) is 19.5 Å². The molecule has 19 heavy (non-hydrogen) atoms. The van der Waals surface area contributed by atoms with Crippen molar-refractivity contribution in [1.82, 2.24) is 10.6 Å². The standard InChI is InChI=1S/C15H24N2O2/c1-15(2,3)13(18)9-10-16-14(19)17-11-12-7-5-4-6-8-12/h4-8,13,18H,9-11H2,1-3H3,(H2,16,17,19). The van der Waals surface area contributed by atoms with Crippen LogP contribution in [0.2, 0.25) is 0 Å². The maximum absolute atomic E-state index is 11.5. The van der Waals surface area contributed by atoms with Gasteiger partial charge in [0.05, 0.1) is 6.10 Å². The van der Waals surface area contributed by atoms with Crippen LogP contribution < -0.4 is 10.6 Å². The van der Waals surface area contributed by atoms with Crippen LogP contribution in [0, 0.1) is 5.41 Å². The summed E-state index contributed by atoms with van der Waals surface area (Å²) < 4.78 is 0. The number of carbonyl (C=O) groups is 1. The molecule has 0 radical (unpaired) electrons. The van der Waals surface area contributed by atoms with Gasteiger partial charge in [-0.05, 0) is 17.4 Å². The quantitative estimate of drug-likeness (QED) is 0.764. The van der Waals surface area contributed by atoms with E-state index in [1.807, 2.05) is 51.1 Å². The summed E-state index contributed by atoms with van der Waals surface area (Å²) in [5, 5.41) is 15.4. The largest absolute Gasteiger partial charge is 0.393 e. The van der Waals surface area contributed by atoms with Crippen molar-refractivity contribution >= 4 is 6.03 Å². The van der Waals surface area contributed by atoms with Crippen molar-refractivity contribution in [2.45, 2.75) is 39.8 Å². The Morgan fingerprint density at radius 1 is 1.21 bits per heavy atom. The molecule has 0 aliphatic heterocycles. The van der Waals surface area contributed by atoms with Crippen LogP contribution in [0.25, 0.3) is 0 Å². The number of amides is 2. The summed E-state index contributed by atoms with van der Waals surface area (Å²) in [7, 11) is 0. The van der Waals surface area contributed by atoms with Gasteiger partial charge < -0.3 is 15.7 Å². The van der Waals surface area contributed by atoms with E-state index in [9.17, 15) is 9.90 Å². The molecule has 0 heterocycles. The second-order valence-electron chi connectivity index (χ2n) is 5.77. The molecule has 0 bridgehead atoms. The van der Waals surface area contributed by atoms with Crippen LogP contribution in [0.4, 0.5) is 4.79 Å². The van der Waals surface area contributed by atoms with Crippen LogP contribution in [-0.4, -0.2) is 23.8 Å². The second kappa shape index (κ2) is 7.14. The van der Waals surface area contributed by atoms with Crippen LogP contribution in [0.1, 0.15) is 32.8 Å². The average Bonchev–Trinajstić information content (AvgIpc) is 2.36. The molecule has 0 spiro atoms. The molecule has 0 saturated heterocycles. The first-order valence-electron chi connectivity index (χ1n) is 6.63. The van der Waals surface area contributed by atoms with Crippen molar-refractivity contribution in [2.24, 2.45) is 5.41 Å². The van der Waals surface area contributed by atoms with Gasteiger partial charge in [0.25, 0.3) is 0 Å². The lowest BCUT2D eigenvalue weighted by molar-refractivity contribution is 0.0564. The Labute approximate surface area is 115 Å². The highest BCUT2D eigenvalue weighted by Gasteiger charge is 2.21. The van der Waals surface area contributed by atoms with Gasteiger partial charge in [-0.15, -0.1) is 0 Å². The summed E-state index contributed by atoms with van der Waals surface area (Å²) in [6, 6.07) is 9.54. The zero-order valence-corrected chi connectivity index (χ0v) is 11.9. The monoisotopic (exact) mass is 264 g/mol. The van der Waals surface area contributed by atoms with Gasteiger partial charge in [0.1, 0.15) is 0 Å². The van der Waals surface area contributed by atoms with Gasteiger partial charge in [-0.3, -0.25) is 0 Å². The molecule has 1 unspecified atom stereocenters. The number of benzene rings is 1. The van der Waals surface area contributed by atoms with Gasteiger partial charge in [0, 0.05) is 13.1 Å². The molecular formula is C15H24N2O2. The van der Waals surface area contributed by atoms with E-state index in [0.717, 1.165) is 5.56 Å². The normalized spacial score (nSPS) is 12.8. The zero-order valence-electron chi connectivity index (χ0n) is 11.9. The fourth-order valence-corrected chi connectivity index (χ4v) is 1.60. The third-order valence-corrected chi connectivity index (χ3v) is 3.00. The molecule has 1 aromatic rings. The first kappa shape index (κ1) is 15.5. The first-order chi connectivity index (χ1) is 8.89. The number of aliphatic hydroxyl groups is 1. The van der Waals surface area contributed by atoms with E-state index in [4.69, 9.17) is 0 Å². The molecular weight excluding hydrogens is 240 g/mol. The van der Waals surface area contributed by atoms with Crippen LogP contribution in [0.3, 0.4) is 0 Å². The van der Waals surface area contributed by atoms with Crippen molar-refractivity contribution in [3.8, 4) is 0 Å². The number of urea groups is 1. The Hall–Kier alpha value is -1.55. The Morgan fingerprint density at radius 3 is 2.42 bits per heavy atom. The van der Waals surface area contributed by atoms with E-state index >= 15 is 0 Å². The summed E-state index contributed by atoms with van der Waals surface area (Å²) in [4.78, 5) is 11.5. The molecule has 3 N–H and O–H groups in total. The summed E-state index contributed by atoms with van der Waals surface area (Å²) in [5.74, 6) is 0. The van der Waals surface area contributed by atoms with Crippen LogP contribution in [0.15, 0.2) is 30.3 Å². The minimum Gasteiger partial charge on any atom is -0.393 e. The van der Waals surface area contributed by atoms with E-state index in [2.05, 4.69) is 10.6 Å². The lowest BCUT2D eigenvalue weighted by atomic mass is 9.87. The van der Waals surface area contributed by atoms with Crippen molar-refractivity contribution in [3.63, 3.8) is 0 Å². The minimum absolute atomic E-state index is 0.151. The average molecular weight is 264 g/mol. The van der Waals surface area contributed by atoms with Crippen LogP contribution in [-0.2, 0) is 6.54 Å². The molecule has 0 saturated carbocycles. The maximum Gasteiger partial charge on any atom is 0.315 e. The summed E-state index contributed by atoms with van der Waals surface area (Å²) in [6.45, 7) is 6.92. The number of nitrogens with one attached hydrogen (secondary N) is 2. The van der Waals surface area contributed by atoms with Gasteiger partial charge in [-0.1, -0.05) is 51.1 Å². The highest BCUT2D eigenvalue weighted by Crippen LogP contribution is 2.20. The van der Waals surface area contributed by atoms with E-state index < -0.39 is 6.10 Å². The first-order valence-corrected chi connectivity index (χ1v) is 6.63. The summed E-state index contributed by atoms with van der Waals surface area (Å²) in [6.07, 6.45) is 0.143. The lowest BCUT2D eigenvalue weighted by Gasteiger charge is -2.25. The Bertz CT molecular complexity index is 385. The predicted molar refractivity (Wildman–Crippen MR) is 76.8 cm³/mol. The number of aliphatic hydroxyl groups excluding tert-OH is 1.